The van der Waals surface area contributed by atoms with Crippen LogP contribution < -0.4 is 5.73 Å². The molecule has 1 aromatic rings. The minimum absolute atomic E-state index is 0.0666. The van der Waals surface area contributed by atoms with Crippen LogP contribution in [0.1, 0.15) is 12.5 Å². The quantitative estimate of drug-likeness (QED) is 0.586. The number of benzene rings is 1. The van der Waals surface area contributed by atoms with Crippen LogP contribution in [-0.2, 0) is 14.9 Å². The average molecular weight is 312 g/mol. The van der Waals surface area contributed by atoms with Gasteiger partial charge in [0.1, 0.15) is 0 Å². The van der Waals surface area contributed by atoms with Gasteiger partial charge in [-0.1, -0.05) is 23.6 Å². The van der Waals surface area contributed by atoms with Gasteiger partial charge < -0.3 is 10.6 Å². The van der Waals surface area contributed by atoms with Crippen LogP contribution in [0.4, 0.5) is 0 Å². The fraction of sp³-hybridized carbons (Fsp3) is 0.357. The third kappa shape index (κ3) is 8.81. The van der Waals surface area contributed by atoms with Gasteiger partial charge in [-0.2, -0.15) is 8.42 Å². The monoisotopic (exact) mass is 312 g/mol. The van der Waals surface area contributed by atoms with Crippen molar-refractivity contribution in [2.24, 2.45) is 5.73 Å². The summed E-state index contributed by atoms with van der Waals surface area (Å²) in [6.45, 7) is 3.57. The van der Waals surface area contributed by atoms with Crippen LogP contribution in [0.15, 0.2) is 29.2 Å². The third-order valence-electron chi connectivity index (χ3n) is 2.13. The third-order valence-corrected chi connectivity index (χ3v) is 3.00. The van der Waals surface area contributed by atoms with Crippen molar-refractivity contribution in [3.8, 4) is 11.8 Å². The molecule has 3 N–H and O–H groups in total. The molecular weight excluding hydrogens is 292 g/mol. The van der Waals surface area contributed by atoms with Gasteiger partial charge in [-0.25, -0.2) is 0 Å². The summed E-state index contributed by atoms with van der Waals surface area (Å²) in [5, 5.41) is 0. The Morgan fingerprint density at radius 2 is 1.76 bits per heavy atom. The standard InChI is InChI=1S/C7H12N2O.C7H8O3S/c1-6(8)4-5-7(10)9(2)3;1-6-2-4-7(5-3-6)11(8,9)10/h6H,8H2,1-3H3;2-5H,1H3,(H,8,9,10). The molecule has 116 valence electrons. The summed E-state index contributed by atoms with van der Waals surface area (Å²) in [7, 11) is -0.718. The van der Waals surface area contributed by atoms with Gasteiger partial charge in [0.15, 0.2) is 0 Å². The molecule has 0 heterocycles. The van der Waals surface area contributed by atoms with E-state index in [9.17, 15) is 13.2 Å². The van der Waals surface area contributed by atoms with Gasteiger partial charge in [0.25, 0.3) is 16.0 Å². The molecule has 1 unspecified atom stereocenters. The molecule has 7 heteroatoms. The van der Waals surface area contributed by atoms with Gasteiger partial charge in [0.2, 0.25) is 0 Å². The first kappa shape index (κ1) is 19.1. The average Bonchev–Trinajstić information content (AvgIpc) is 2.35. The number of aryl methyl sites for hydroxylation is 1. The number of hydrogen-bond donors (Lipinski definition) is 2. The van der Waals surface area contributed by atoms with E-state index in [0.29, 0.717) is 0 Å². The lowest BCUT2D eigenvalue weighted by Gasteiger charge is -2.02. The molecule has 1 rings (SSSR count). The summed E-state index contributed by atoms with van der Waals surface area (Å²) in [5.74, 6) is 4.75. The van der Waals surface area contributed by atoms with E-state index in [1.54, 1.807) is 33.2 Å². The first-order chi connectivity index (χ1) is 9.54. The van der Waals surface area contributed by atoms with Crippen molar-refractivity contribution in [1.29, 1.82) is 0 Å². The smallest absolute Gasteiger partial charge is 0.297 e. The number of rotatable bonds is 1. The Balaban J connectivity index is 0.000000384. The summed E-state index contributed by atoms with van der Waals surface area (Å²) in [5.41, 5.74) is 6.25. The number of nitrogens with zero attached hydrogens (tertiary/aromatic N) is 1. The van der Waals surface area contributed by atoms with Crippen LogP contribution in [-0.4, -0.2) is 43.9 Å². The zero-order valence-corrected chi connectivity index (χ0v) is 13.3. The molecule has 0 aromatic heterocycles. The van der Waals surface area contributed by atoms with Crippen molar-refractivity contribution < 1.29 is 17.8 Å². The van der Waals surface area contributed by atoms with Crippen molar-refractivity contribution in [1.82, 2.24) is 4.90 Å². The van der Waals surface area contributed by atoms with E-state index in [1.807, 2.05) is 6.92 Å². The highest BCUT2D eigenvalue weighted by Crippen LogP contribution is 2.08. The molecule has 1 atom stereocenters. The number of carbonyl (C=O) groups excluding carboxylic acids is 1. The van der Waals surface area contributed by atoms with Crippen LogP contribution in [0.5, 0.6) is 0 Å². The molecule has 6 nitrogen and oxygen atoms in total. The first-order valence-electron chi connectivity index (χ1n) is 6.06. The molecular formula is C14H20N2O4S. The Morgan fingerprint density at radius 3 is 2.10 bits per heavy atom. The van der Waals surface area contributed by atoms with Crippen LogP contribution in [0.25, 0.3) is 0 Å². The number of hydrogen-bond acceptors (Lipinski definition) is 4. The molecule has 0 aliphatic rings. The summed E-state index contributed by atoms with van der Waals surface area (Å²) in [6.07, 6.45) is 0. The lowest BCUT2D eigenvalue weighted by Crippen LogP contribution is -2.20. The Bertz CT molecular complexity index is 623. The topological polar surface area (TPSA) is 101 Å². The van der Waals surface area contributed by atoms with Gasteiger partial charge >= 0.3 is 0 Å². The molecule has 1 amide bonds. The van der Waals surface area contributed by atoms with Gasteiger partial charge in [-0.3, -0.25) is 9.35 Å². The summed E-state index contributed by atoms with van der Waals surface area (Å²) in [4.78, 5) is 12.1. The zero-order chi connectivity index (χ0) is 16.6. The molecule has 0 aliphatic carbocycles. The van der Waals surface area contributed by atoms with Gasteiger partial charge in [-0.15, -0.1) is 0 Å². The maximum Gasteiger partial charge on any atom is 0.297 e. The largest absolute Gasteiger partial charge is 0.338 e. The molecule has 0 aliphatic heterocycles. The second-order valence-corrected chi connectivity index (χ2v) is 5.97. The van der Waals surface area contributed by atoms with Crippen LogP contribution in [0, 0.1) is 18.8 Å². The maximum absolute atomic E-state index is 10.7. The first-order valence-corrected chi connectivity index (χ1v) is 7.50. The van der Waals surface area contributed by atoms with E-state index < -0.39 is 10.1 Å². The van der Waals surface area contributed by atoms with Crippen LogP contribution in [0.3, 0.4) is 0 Å². The lowest BCUT2D eigenvalue weighted by atomic mass is 10.2. The molecule has 21 heavy (non-hydrogen) atoms. The van der Waals surface area contributed by atoms with E-state index in [-0.39, 0.29) is 16.8 Å². The predicted molar refractivity (Wildman–Crippen MR) is 81.1 cm³/mol. The molecule has 0 fully saturated rings. The van der Waals surface area contributed by atoms with Gasteiger partial charge in [-0.05, 0) is 31.9 Å². The Morgan fingerprint density at radius 1 is 1.29 bits per heavy atom. The van der Waals surface area contributed by atoms with E-state index in [0.717, 1.165) is 5.56 Å². The highest BCUT2D eigenvalue weighted by Gasteiger charge is 2.06. The Labute approximate surface area is 125 Å². The maximum atomic E-state index is 10.7. The van der Waals surface area contributed by atoms with E-state index >= 15 is 0 Å². The number of nitrogens with two attached hydrogens (primary N) is 1. The Kier molecular flexibility index (Phi) is 7.66. The zero-order valence-electron chi connectivity index (χ0n) is 12.5. The fourth-order valence-electron chi connectivity index (χ4n) is 0.998. The van der Waals surface area contributed by atoms with Gasteiger partial charge in [0, 0.05) is 14.1 Å². The van der Waals surface area contributed by atoms with Crippen molar-refractivity contribution in [2.45, 2.75) is 24.8 Å². The fourth-order valence-corrected chi connectivity index (χ4v) is 1.48. The van der Waals surface area contributed by atoms with E-state index in [4.69, 9.17) is 10.3 Å². The second-order valence-electron chi connectivity index (χ2n) is 4.55. The minimum atomic E-state index is -4.02. The summed E-state index contributed by atoms with van der Waals surface area (Å²) >= 11 is 0. The van der Waals surface area contributed by atoms with Crippen molar-refractivity contribution in [3.63, 3.8) is 0 Å². The van der Waals surface area contributed by atoms with Crippen LogP contribution >= 0.6 is 0 Å². The number of amides is 1. The molecule has 0 saturated heterocycles. The molecule has 1 aromatic carbocycles. The SMILES string of the molecule is CC(N)C#CC(=O)N(C)C.Cc1ccc(S(=O)(=O)O)cc1. The van der Waals surface area contributed by atoms with Gasteiger partial charge in [0.05, 0.1) is 10.9 Å². The lowest BCUT2D eigenvalue weighted by molar-refractivity contribution is -0.122. The Hall–Kier alpha value is -1.88. The predicted octanol–water partition coefficient (Wildman–Crippen LogP) is 0.667. The number of carbonyl (C=O) groups is 1. The summed E-state index contributed by atoms with van der Waals surface area (Å²) < 4.78 is 29.6. The van der Waals surface area contributed by atoms with E-state index in [1.165, 1.54) is 17.0 Å². The van der Waals surface area contributed by atoms with E-state index in [2.05, 4.69) is 11.8 Å². The van der Waals surface area contributed by atoms with Crippen molar-refractivity contribution in [2.75, 3.05) is 14.1 Å². The highest BCUT2D eigenvalue weighted by molar-refractivity contribution is 7.85. The van der Waals surface area contributed by atoms with Crippen molar-refractivity contribution in [3.05, 3.63) is 29.8 Å². The molecule has 0 radical (unpaired) electrons. The van der Waals surface area contributed by atoms with Crippen LogP contribution in [0.2, 0.25) is 0 Å². The van der Waals surface area contributed by atoms with Crippen molar-refractivity contribution >= 4 is 16.0 Å². The second kappa shape index (κ2) is 8.42. The molecule has 0 saturated carbocycles. The highest BCUT2D eigenvalue weighted by atomic mass is 32.2. The normalized spacial score (nSPS) is 11.3. The molecule has 0 spiro atoms. The molecule has 0 bridgehead atoms. The summed E-state index contributed by atoms with van der Waals surface area (Å²) in [6, 6.07) is 5.76. The minimum Gasteiger partial charge on any atom is -0.338 e.